The predicted molar refractivity (Wildman–Crippen MR) is 312 cm³/mol. The number of hydrogen-bond acceptors (Lipinski definition) is 26. The van der Waals surface area contributed by atoms with Crippen LogP contribution in [-0.2, 0) is 100 Å². The van der Waals surface area contributed by atoms with Crippen LogP contribution in [0.3, 0.4) is 0 Å². The van der Waals surface area contributed by atoms with Gasteiger partial charge in [0.1, 0.15) is 33.0 Å². The minimum Gasteiger partial charge on any atom is -0.463 e. The Balaban J connectivity index is -0.000000632. The van der Waals surface area contributed by atoms with E-state index in [2.05, 4.69) is 45.3 Å². The summed E-state index contributed by atoms with van der Waals surface area (Å²) < 4.78 is 230. The fourth-order valence-corrected chi connectivity index (χ4v) is 5.59. The first-order valence-corrected chi connectivity index (χ1v) is 28.5. The summed E-state index contributed by atoms with van der Waals surface area (Å²) in [7, 11) is 0. The number of aliphatic hydroxyl groups is 5. The molecule has 0 aromatic carbocycles. The van der Waals surface area contributed by atoms with E-state index in [1.165, 1.54) is 48.5 Å². The first-order valence-electron chi connectivity index (χ1n) is 28.5. The minimum atomic E-state index is -6.74. The number of hydrogen-bond donors (Lipinski definition) is 5. The van der Waals surface area contributed by atoms with E-state index < -0.39 is 178 Å². The molecule has 0 aliphatic rings. The molecule has 0 radical (unpaired) electrons. The van der Waals surface area contributed by atoms with Crippen molar-refractivity contribution in [2.75, 3.05) is 59.5 Å². The lowest BCUT2D eigenvalue weighted by molar-refractivity contribution is -0.357. The van der Waals surface area contributed by atoms with Gasteiger partial charge >= 0.3 is 102 Å². The molecule has 0 aromatic rings. The van der Waals surface area contributed by atoms with Crippen molar-refractivity contribution < 1.29 is 187 Å². The van der Waals surface area contributed by atoms with Crippen LogP contribution in [0.1, 0.15) is 118 Å². The zero-order chi connectivity index (χ0) is 80.6. The van der Waals surface area contributed by atoms with E-state index in [-0.39, 0.29) is 38.6 Å². The molecule has 0 saturated heterocycles. The monoisotopic (exact) mass is 1490 g/mol. The van der Waals surface area contributed by atoms with Crippen LogP contribution in [0, 0.1) is 16.7 Å². The van der Waals surface area contributed by atoms with Crippen molar-refractivity contribution in [1.82, 2.24) is 0 Å². The second-order valence-corrected chi connectivity index (χ2v) is 25.1. The molecule has 0 heterocycles. The quantitative estimate of drug-likeness (QED) is 0.0192. The van der Waals surface area contributed by atoms with E-state index in [9.17, 15) is 125 Å². The number of halogens is 14. The fraction of sp³-hybridized carbons (Fsp3) is 0.700. The molecule has 0 aliphatic heterocycles. The number of carbonyl (C=O) groups is 10. The second kappa shape index (κ2) is 38.5. The van der Waals surface area contributed by atoms with Crippen molar-refractivity contribution >= 4 is 59.7 Å². The molecule has 0 aliphatic carbocycles. The summed E-state index contributed by atoms with van der Waals surface area (Å²) in [5, 5.41) is 46.1. The number of carbonyl (C=O) groups excluding carboxylic acids is 10. The molecule has 580 valence electrons. The normalized spacial score (nSPS) is 13.1. The van der Waals surface area contributed by atoms with Gasteiger partial charge in [-0.25, -0.2) is 47.9 Å². The van der Waals surface area contributed by atoms with Gasteiger partial charge in [0, 0.05) is 34.8 Å². The highest BCUT2D eigenvalue weighted by atomic mass is 19.4. The summed E-state index contributed by atoms with van der Waals surface area (Å²) in [5.41, 5.74) is -20.4. The molecule has 40 heteroatoms. The van der Waals surface area contributed by atoms with E-state index in [1.54, 1.807) is 27.7 Å². The smallest absolute Gasteiger partial charge is 0.437 e. The molecule has 26 nitrogen and oxygen atoms in total. The third-order valence-electron chi connectivity index (χ3n) is 11.5. The molecule has 1 unspecified atom stereocenters. The summed E-state index contributed by atoms with van der Waals surface area (Å²) in [6.45, 7) is 32.0. The zero-order valence-corrected chi connectivity index (χ0v) is 57.6. The summed E-state index contributed by atoms with van der Waals surface area (Å²) in [6, 6.07) is 0. The highest BCUT2D eigenvalue weighted by Gasteiger charge is 2.78. The maximum absolute atomic E-state index is 14.0. The molecule has 0 spiro atoms. The van der Waals surface area contributed by atoms with Gasteiger partial charge in [-0.1, -0.05) is 54.0 Å². The molecule has 5 N–H and O–H groups in total. The summed E-state index contributed by atoms with van der Waals surface area (Å²) in [4.78, 5) is 115. The van der Waals surface area contributed by atoms with Gasteiger partial charge < -0.3 is 77.6 Å². The van der Waals surface area contributed by atoms with Crippen molar-refractivity contribution in [1.29, 1.82) is 0 Å². The van der Waals surface area contributed by atoms with Gasteiger partial charge in [0.25, 0.3) is 0 Å². The van der Waals surface area contributed by atoms with Crippen LogP contribution >= 0.6 is 0 Å². The zero-order valence-electron chi connectivity index (χ0n) is 57.6. The Morgan fingerprint density at radius 2 is 0.710 bits per heavy atom. The van der Waals surface area contributed by atoms with Gasteiger partial charge in [-0.15, -0.1) is 0 Å². The minimum absolute atomic E-state index is 0.00932. The molecule has 0 aromatic heterocycles. The highest BCUT2D eigenvalue weighted by molar-refractivity contribution is 5.88. The molecule has 0 saturated carbocycles. The Labute approximate surface area is 565 Å². The number of esters is 10. The van der Waals surface area contributed by atoms with Crippen molar-refractivity contribution in [2.45, 2.75) is 194 Å². The molecule has 0 amide bonds. The van der Waals surface area contributed by atoms with E-state index >= 15 is 0 Å². The van der Waals surface area contributed by atoms with Crippen LogP contribution in [0.15, 0.2) is 49.1 Å². The SMILES string of the molecule is C=C(C)C(=O)OC(C(C)C)C(F)(F)COC(=O)C(C)(C)O.C=C(C)C(=O)OC(COC(=O)C(O)(C(F)(F)F)C(F)(F)F)COC(=O)C(O)(C(F)(F)F)C(F)(F)F.C=C(C)C(=O)OCC(C)(C)COC(=O)C(C)(C)OCC.C=CC(=O)OCC(C)(COC(=O)C(C)(C)O)COC(=O)C(C)(C)O. The Kier molecular flexibility index (Phi) is 38.0. The maximum atomic E-state index is 14.0. The number of rotatable bonds is 32. The van der Waals surface area contributed by atoms with Crippen LogP contribution in [0.5, 0.6) is 0 Å². The van der Waals surface area contributed by atoms with E-state index in [0.717, 1.165) is 26.8 Å². The molecule has 0 bridgehead atoms. The standard InChI is InChI=1S/C16H26O8.C15H12F12O8.C15H26O5.C14H22F2O5/c1-7-11(17)22-8-16(6,9-23-12(18)14(2,3)20)10-24-13(19)15(4,5)21;1-5(2)7(28)35-6(3-33-8(29)10(31,12(16,17)18)13(19,20)21)4-34-9(30)11(32,14(22,23)24)15(25,26)27;1-8-20-15(6,7)13(17)19-10-14(4,5)9-18-12(16)11(2)3;1-8(2)10(21-11(17)9(3)4)14(15,16)7-20-12(18)13(5,6)19/h7,20-21H,1,8-10H2,2-6H3;6,31-32H,1,3-4H2,2H3;2,8-10H2,1,3-7H3;8,10,19H,3,7H2,1-2,4-6H3. The molecule has 1 atom stereocenters. The van der Waals surface area contributed by atoms with Crippen LogP contribution in [0.2, 0.25) is 0 Å². The van der Waals surface area contributed by atoms with Crippen molar-refractivity contribution in [2.24, 2.45) is 16.7 Å². The van der Waals surface area contributed by atoms with Gasteiger partial charge in [-0.2, -0.15) is 61.5 Å². The third kappa shape index (κ3) is 33.7. The van der Waals surface area contributed by atoms with Crippen LogP contribution in [0.4, 0.5) is 61.5 Å². The van der Waals surface area contributed by atoms with Crippen molar-refractivity contribution in [3.63, 3.8) is 0 Å². The van der Waals surface area contributed by atoms with E-state index in [4.69, 9.17) is 43.4 Å². The summed E-state index contributed by atoms with van der Waals surface area (Å²) >= 11 is 0. The first kappa shape index (κ1) is 98.8. The Morgan fingerprint density at radius 1 is 0.410 bits per heavy atom. The average Bonchev–Trinajstić information content (AvgIpc) is 0.763. The lowest BCUT2D eigenvalue weighted by Crippen LogP contribution is -2.63. The molecule has 100 heavy (non-hydrogen) atoms. The van der Waals surface area contributed by atoms with Gasteiger partial charge in [0.15, 0.2) is 41.2 Å². The molecular formula is C60H86F14O26. The number of alkyl halides is 14. The van der Waals surface area contributed by atoms with Gasteiger partial charge in [-0.05, 0) is 95.9 Å². The van der Waals surface area contributed by atoms with Gasteiger partial charge in [-0.3, -0.25) is 0 Å². The topological polar surface area (TPSA) is 373 Å². The second-order valence-electron chi connectivity index (χ2n) is 25.1. The summed E-state index contributed by atoms with van der Waals surface area (Å²) in [5.74, 6) is -18.4. The lowest BCUT2D eigenvalue weighted by atomic mass is 9.94. The van der Waals surface area contributed by atoms with Gasteiger partial charge in [0.2, 0.25) is 0 Å². The molecular weight excluding hydrogens is 1400 g/mol. The van der Waals surface area contributed by atoms with Crippen LogP contribution in [-0.4, -0.2) is 221 Å². The van der Waals surface area contributed by atoms with E-state index in [1.807, 2.05) is 20.8 Å². The third-order valence-corrected chi connectivity index (χ3v) is 11.5. The van der Waals surface area contributed by atoms with E-state index in [0.29, 0.717) is 12.2 Å². The predicted octanol–water partition coefficient (Wildman–Crippen LogP) is 7.19. The maximum Gasteiger partial charge on any atom is 0.437 e. The van der Waals surface area contributed by atoms with Crippen molar-refractivity contribution in [3.05, 3.63) is 49.1 Å². The highest BCUT2D eigenvalue weighted by Crippen LogP contribution is 2.45. The Bertz CT molecular complexity index is 2720. The summed E-state index contributed by atoms with van der Waals surface area (Å²) in [6.07, 6.45) is -30.4. The van der Waals surface area contributed by atoms with Crippen LogP contribution < -0.4 is 0 Å². The van der Waals surface area contributed by atoms with Crippen LogP contribution in [0.25, 0.3) is 0 Å². The Hall–Kier alpha value is -7.56. The Morgan fingerprint density at radius 3 is 1.00 bits per heavy atom. The largest absolute Gasteiger partial charge is 0.463 e. The van der Waals surface area contributed by atoms with Crippen molar-refractivity contribution in [3.8, 4) is 0 Å². The number of ether oxygens (including phenoxy) is 11. The first-order chi connectivity index (χ1) is 44.3. The van der Waals surface area contributed by atoms with Gasteiger partial charge in [0.05, 0.1) is 18.6 Å². The molecule has 0 rings (SSSR count). The fourth-order valence-electron chi connectivity index (χ4n) is 5.59. The molecule has 0 fully saturated rings. The lowest BCUT2D eigenvalue weighted by Gasteiger charge is -2.31. The average molecular weight is 1490 g/mol.